The van der Waals surface area contributed by atoms with Gasteiger partial charge in [-0.25, -0.2) is 4.39 Å². The molecule has 0 saturated heterocycles. The van der Waals surface area contributed by atoms with E-state index >= 15 is 0 Å². The number of hydrogen-bond donors (Lipinski definition) is 3. The molecule has 20 heavy (non-hydrogen) atoms. The van der Waals surface area contributed by atoms with Crippen LogP contribution in [0.1, 0.15) is 10.4 Å². The maximum atomic E-state index is 13.4. The third-order valence-corrected chi connectivity index (χ3v) is 2.42. The zero-order valence-corrected chi connectivity index (χ0v) is 10.2. The number of nitrogens with one attached hydrogen (secondary N) is 1. The van der Waals surface area contributed by atoms with Crippen LogP contribution in [0, 0.1) is 5.82 Å². The van der Waals surface area contributed by atoms with Crippen LogP contribution in [0.3, 0.4) is 0 Å². The Labute approximate surface area is 111 Å². The zero-order valence-electron chi connectivity index (χ0n) is 10.2. The lowest BCUT2D eigenvalue weighted by Gasteiger charge is -2.24. The predicted molar refractivity (Wildman–Crippen MR) is 63.3 cm³/mol. The van der Waals surface area contributed by atoms with Crippen molar-refractivity contribution in [2.45, 2.75) is 6.18 Å². The number of nitrogens with two attached hydrogens (primary N) is 1. The molecule has 0 saturated carbocycles. The Balaban J connectivity index is 3.09. The fourth-order valence-corrected chi connectivity index (χ4v) is 1.61. The minimum absolute atomic E-state index is 0.342. The van der Waals surface area contributed by atoms with Crippen molar-refractivity contribution in [1.82, 2.24) is 4.90 Å². The summed E-state index contributed by atoms with van der Waals surface area (Å²) in [6, 6.07) is 3.32. The van der Waals surface area contributed by atoms with E-state index in [1.165, 1.54) is 6.07 Å². The van der Waals surface area contributed by atoms with Crippen molar-refractivity contribution in [3.8, 4) is 0 Å². The third kappa shape index (κ3) is 4.07. The smallest absolute Gasteiger partial charge is 0.395 e. The Bertz CT molecular complexity index is 479. The number of hydrazine groups is 1. The topological polar surface area (TPSA) is 78.6 Å². The molecule has 9 heteroatoms. The number of hydrogen-bond acceptors (Lipinski definition) is 4. The number of nitrogen functional groups attached to an aromatic ring is 1. The molecule has 1 amide bonds. The molecule has 1 aromatic rings. The van der Waals surface area contributed by atoms with Gasteiger partial charge in [-0.3, -0.25) is 10.6 Å². The minimum Gasteiger partial charge on any atom is -0.395 e. The second kappa shape index (κ2) is 6.53. The molecule has 0 spiro atoms. The number of amides is 1. The number of carbonyl (C=O) groups is 1. The molecule has 5 nitrogen and oxygen atoms in total. The van der Waals surface area contributed by atoms with Crippen molar-refractivity contribution >= 4 is 11.6 Å². The van der Waals surface area contributed by atoms with Crippen LogP contribution in [0.5, 0.6) is 0 Å². The number of halogens is 4. The summed E-state index contributed by atoms with van der Waals surface area (Å²) in [5.74, 6) is 3.11. The van der Waals surface area contributed by atoms with Gasteiger partial charge in [0.15, 0.2) is 0 Å². The number of nitrogens with zero attached hydrogens (tertiary/aromatic N) is 1. The SMILES string of the molecule is NNc1c(F)cccc1C(=O)N(CCO)CC(F)(F)F. The van der Waals surface area contributed by atoms with Gasteiger partial charge < -0.3 is 15.4 Å². The lowest BCUT2D eigenvalue weighted by Crippen LogP contribution is -2.41. The van der Waals surface area contributed by atoms with E-state index in [4.69, 9.17) is 10.9 Å². The molecule has 0 unspecified atom stereocenters. The molecule has 1 rings (SSSR count). The van der Waals surface area contributed by atoms with Gasteiger partial charge >= 0.3 is 6.18 Å². The van der Waals surface area contributed by atoms with Crippen LogP contribution in [0.25, 0.3) is 0 Å². The number of carbonyl (C=O) groups excluding carboxylic acids is 1. The second-order valence-electron chi connectivity index (χ2n) is 3.87. The Kier molecular flexibility index (Phi) is 5.28. The van der Waals surface area contributed by atoms with Crippen molar-refractivity contribution in [2.24, 2.45) is 5.84 Å². The summed E-state index contributed by atoms with van der Waals surface area (Å²) in [4.78, 5) is 12.4. The lowest BCUT2D eigenvalue weighted by atomic mass is 10.1. The van der Waals surface area contributed by atoms with E-state index < -0.39 is 43.3 Å². The fourth-order valence-electron chi connectivity index (χ4n) is 1.61. The van der Waals surface area contributed by atoms with Gasteiger partial charge in [0.25, 0.3) is 5.91 Å². The maximum Gasteiger partial charge on any atom is 0.406 e. The first-order valence-corrected chi connectivity index (χ1v) is 5.52. The van der Waals surface area contributed by atoms with Gasteiger partial charge in [0.1, 0.15) is 12.4 Å². The van der Waals surface area contributed by atoms with E-state index in [1.807, 2.05) is 5.43 Å². The molecule has 0 radical (unpaired) electrons. The van der Waals surface area contributed by atoms with Gasteiger partial charge in [-0.05, 0) is 12.1 Å². The van der Waals surface area contributed by atoms with Crippen molar-refractivity contribution < 1.29 is 27.5 Å². The van der Waals surface area contributed by atoms with Gasteiger partial charge in [-0.2, -0.15) is 13.2 Å². The van der Waals surface area contributed by atoms with E-state index in [0.717, 1.165) is 12.1 Å². The molecule has 0 aromatic heterocycles. The van der Waals surface area contributed by atoms with Gasteiger partial charge in [-0.1, -0.05) is 6.07 Å². The number of aliphatic hydroxyl groups is 1. The Morgan fingerprint density at radius 3 is 2.55 bits per heavy atom. The molecule has 0 aliphatic rings. The number of aliphatic hydroxyl groups excluding tert-OH is 1. The van der Waals surface area contributed by atoms with Gasteiger partial charge in [0, 0.05) is 6.54 Å². The van der Waals surface area contributed by atoms with E-state index in [9.17, 15) is 22.4 Å². The van der Waals surface area contributed by atoms with Crippen molar-refractivity contribution in [2.75, 3.05) is 25.1 Å². The Hall–Kier alpha value is -1.87. The quantitative estimate of drug-likeness (QED) is 0.432. The first kappa shape index (κ1) is 16.2. The van der Waals surface area contributed by atoms with Gasteiger partial charge in [0.05, 0.1) is 17.9 Å². The third-order valence-electron chi connectivity index (χ3n) is 2.42. The summed E-state index contributed by atoms with van der Waals surface area (Å²) in [5.41, 5.74) is 1.20. The number of rotatable bonds is 5. The number of anilines is 1. The highest BCUT2D eigenvalue weighted by Gasteiger charge is 2.33. The molecule has 4 N–H and O–H groups in total. The van der Waals surface area contributed by atoms with Crippen LogP contribution in [0.15, 0.2) is 18.2 Å². The zero-order chi connectivity index (χ0) is 15.3. The summed E-state index contributed by atoms with van der Waals surface area (Å²) in [6.07, 6.45) is -4.63. The summed E-state index contributed by atoms with van der Waals surface area (Å²) in [7, 11) is 0. The highest BCUT2D eigenvalue weighted by molar-refractivity contribution is 5.99. The van der Waals surface area contributed by atoms with E-state index in [1.54, 1.807) is 0 Å². The molecule has 0 atom stereocenters. The molecular formula is C11H13F4N3O2. The van der Waals surface area contributed by atoms with Gasteiger partial charge in [0.2, 0.25) is 0 Å². The highest BCUT2D eigenvalue weighted by Crippen LogP contribution is 2.23. The number of alkyl halides is 3. The number of benzene rings is 1. The maximum absolute atomic E-state index is 13.4. The van der Waals surface area contributed by atoms with Crippen molar-refractivity contribution in [3.63, 3.8) is 0 Å². The number of para-hydroxylation sites is 1. The van der Waals surface area contributed by atoms with E-state index in [0.29, 0.717) is 4.90 Å². The van der Waals surface area contributed by atoms with Crippen molar-refractivity contribution in [3.05, 3.63) is 29.6 Å². The summed E-state index contributed by atoms with van der Waals surface area (Å²) >= 11 is 0. The average Bonchev–Trinajstić information content (AvgIpc) is 2.35. The largest absolute Gasteiger partial charge is 0.406 e. The van der Waals surface area contributed by atoms with Crippen LogP contribution in [-0.4, -0.2) is 41.8 Å². The Morgan fingerprint density at radius 1 is 1.40 bits per heavy atom. The first-order chi connectivity index (χ1) is 9.30. The molecule has 0 fully saturated rings. The van der Waals surface area contributed by atoms with E-state index in [2.05, 4.69) is 0 Å². The molecule has 112 valence electrons. The monoisotopic (exact) mass is 295 g/mol. The summed E-state index contributed by atoms with van der Waals surface area (Å²) < 4.78 is 50.5. The first-order valence-electron chi connectivity index (χ1n) is 5.52. The van der Waals surface area contributed by atoms with Crippen LogP contribution in [0.2, 0.25) is 0 Å². The predicted octanol–water partition coefficient (Wildman–Crippen LogP) is 1.11. The molecule has 0 aliphatic heterocycles. The van der Waals surface area contributed by atoms with Crippen molar-refractivity contribution in [1.29, 1.82) is 0 Å². The van der Waals surface area contributed by atoms with Crippen LogP contribution < -0.4 is 11.3 Å². The average molecular weight is 295 g/mol. The standard InChI is InChI=1S/C11H13F4N3O2/c12-8-3-1-2-7(9(8)17-16)10(20)18(4-5-19)6-11(13,14)15/h1-3,17,19H,4-6,16H2. The van der Waals surface area contributed by atoms with Crippen LogP contribution in [-0.2, 0) is 0 Å². The molecule has 0 heterocycles. The lowest BCUT2D eigenvalue weighted by molar-refractivity contribution is -0.141. The van der Waals surface area contributed by atoms with Crippen LogP contribution in [0.4, 0.5) is 23.2 Å². The molecule has 1 aromatic carbocycles. The second-order valence-corrected chi connectivity index (χ2v) is 3.87. The summed E-state index contributed by atoms with van der Waals surface area (Å²) in [5, 5.41) is 8.73. The fraction of sp³-hybridized carbons (Fsp3) is 0.364. The molecule has 0 aliphatic carbocycles. The normalized spacial score (nSPS) is 11.3. The van der Waals surface area contributed by atoms with Gasteiger partial charge in [-0.15, -0.1) is 0 Å². The Morgan fingerprint density at radius 2 is 2.05 bits per heavy atom. The van der Waals surface area contributed by atoms with Crippen LogP contribution >= 0.6 is 0 Å². The minimum atomic E-state index is -4.63. The molecular weight excluding hydrogens is 282 g/mol. The summed E-state index contributed by atoms with van der Waals surface area (Å²) in [6.45, 7) is -2.73. The van der Waals surface area contributed by atoms with E-state index in [-0.39, 0.29) is 5.56 Å². The molecule has 0 bridgehead atoms. The highest BCUT2D eigenvalue weighted by atomic mass is 19.4.